The number of benzene rings is 2. The van der Waals surface area contributed by atoms with Gasteiger partial charge in [0.1, 0.15) is 18.2 Å². The zero-order valence-corrected chi connectivity index (χ0v) is 11.8. The quantitative estimate of drug-likeness (QED) is 0.833. The average molecular weight is 293 g/mol. The van der Waals surface area contributed by atoms with Gasteiger partial charge in [0.25, 0.3) is 0 Å². The van der Waals surface area contributed by atoms with Gasteiger partial charge in [0, 0.05) is 11.4 Å². The van der Waals surface area contributed by atoms with Crippen molar-refractivity contribution >= 4 is 17.4 Å². The van der Waals surface area contributed by atoms with Crippen molar-refractivity contribution in [3.8, 4) is 5.75 Å². The normalized spacial score (nSPS) is 10.3. The molecule has 0 aromatic heterocycles. The summed E-state index contributed by atoms with van der Waals surface area (Å²) in [6, 6.07) is 11.3. The zero-order valence-electron chi connectivity index (χ0n) is 11.0. The van der Waals surface area contributed by atoms with Crippen LogP contribution < -0.4 is 4.74 Å². The average Bonchev–Trinajstić information content (AvgIpc) is 2.40. The Kier molecular flexibility index (Phi) is 4.74. The maximum absolute atomic E-state index is 13.0. The minimum Gasteiger partial charge on any atom is -0.486 e. The third kappa shape index (κ3) is 4.07. The van der Waals surface area contributed by atoms with E-state index < -0.39 is 0 Å². The molecule has 2 rings (SSSR count). The Bertz CT molecular complexity index is 626. The predicted octanol–water partition coefficient (Wildman–Crippen LogP) is 3.98. The van der Waals surface area contributed by atoms with Crippen molar-refractivity contribution in [2.45, 2.75) is 13.3 Å². The maximum atomic E-state index is 13.0. The minimum atomic E-state index is -0.297. The van der Waals surface area contributed by atoms with Gasteiger partial charge in [-0.2, -0.15) is 0 Å². The Balaban J connectivity index is 1.92. The highest BCUT2D eigenvalue weighted by Crippen LogP contribution is 2.17. The Morgan fingerprint density at radius 2 is 2.05 bits per heavy atom. The standard InChI is InChI=1S/C16H14ClFO2/c1-11-7-14(18)6-5-12(11)8-15(19)10-20-16-4-2-3-13(17)9-16/h2-7,9H,8,10H2,1H3. The lowest BCUT2D eigenvalue weighted by atomic mass is 10.0. The van der Waals surface area contributed by atoms with Gasteiger partial charge >= 0.3 is 0 Å². The number of carbonyl (C=O) groups is 1. The van der Waals surface area contributed by atoms with Crippen LogP contribution >= 0.6 is 11.6 Å². The Labute approximate surface area is 122 Å². The van der Waals surface area contributed by atoms with Gasteiger partial charge < -0.3 is 4.74 Å². The number of rotatable bonds is 5. The number of aryl methyl sites for hydroxylation is 1. The first-order valence-electron chi connectivity index (χ1n) is 6.19. The molecule has 0 aliphatic rings. The summed E-state index contributed by atoms with van der Waals surface area (Å²) in [6.07, 6.45) is 0.229. The van der Waals surface area contributed by atoms with E-state index in [-0.39, 0.29) is 24.6 Å². The number of ether oxygens (including phenoxy) is 1. The van der Waals surface area contributed by atoms with Gasteiger partial charge in [-0.3, -0.25) is 4.79 Å². The molecule has 0 radical (unpaired) electrons. The summed E-state index contributed by atoms with van der Waals surface area (Å²) in [4.78, 5) is 11.9. The van der Waals surface area contributed by atoms with Crippen LogP contribution in [0.3, 0.4) is 0 Å². The molecule has 0 aliphatic heterocycles. The summed E-state index contributed by atoms with van der Waals surface area (Å²) >= 11 is 5.83. The fraction of sp³-hybridized carbons (Fsp3) is 0.188. The van der Waals surface area contributed by atoms with E-state index in [2.05, 4.69) is 0 Å². The first-order valence-corrected chi connectivity index (χ1v) is 6.57. The molecular weight excluding hydrogens is 279 g/mol. The summed E-state index contributed by atoms with van der Waals surface area (Å²) in [5, 5.41) is 0.560. The molecule has 2 nitrogen and oxygen atoms in total. The highest BCUT2D eigenvalue weighted by Gasteiger charge is 2.08. The van der Waals surface area contributed by atoms with E-state index in [1.807, 2.05) is 0 Å². The van der Waals surface area contributed by atoms with E-state index in [0.29, 0.717) is 10.8 Å². The van der Waals surface area contributed by atoms with Crippen LogP contribution in [0.15, 0.2) is 42.5 Å². The summed E-state index contributed by atoms with van der Waals surface area (Å²) in [6.45, 7) is 1.75. The van der Waals surface area contributed by atoms with E-state index >= 15 is 0 Å². The molecule has 0 bridgehead atoms. The molecule has 0 aliphatic carbocycles. The SMILES string of the molecule is Cc1cc(F)ccc1CC(=O)COc1cccc(Cl)c1. The van der Waals surface area contributed by atoms with E-state index in [9.17, 15) is 9.18 Å². The molecule has 2 aromatic carbocycles. The van der Waals surface area contributed by atoms with E-state index in [1.165, 1.54) is 12.1 Å². The number of ketones is 1. The molecule has 0 atom stereocenters. The summed E-state index contributed by atoms with van der Waals surface area (Å²) in [5.74, 6) is 0.190. The second kappa shape index (κ2) is 6.53. The number of Topliss-reactive ketones (excluding diaryl/α,β-unsaturated/α-hetero) is 1. The summed E-state index contributed by atoms with van der Waals surface area (Å²) in [5.41, 5.74) is 1.58. The molecule has 0 fully saturated rings. The number of hydrogen-bond acceptors (Lipinski definition) is 2. The maximum Gasteiger partial charge on any atom is 0.174 e. The topological polar surface area (TPSA) is 26.3 Å². The number of halogens is 2. The Morgan fingerprint density at radius 3 is 2.75 bits per heavy atom. The van der Waals surface area contributed by atoms with Crippen LogP contribution in [-0.4, -0.2) is 12.4 Å². The third-order valence-corrected chi connectivity index (χ3v) is 3.12. The van der Waals surface area contributed by atoms with Crippen molar-refractivity contribution in [3.63, 3.8) is 0 Å². The van der Waals surface area contributed by atoms with Gasteiger partial charge in [0.05, 0.1) is 0 Å². The van der Waals surface area contributed by atoms with E-state index in [1.54, 1.807) is 37.3 Å². The minimum absolute atomic E-state index is 0.0306. The molecule has 0 amide bonds. The highest BCUT2D eigenvalue weighted by molar-refractivity contribution is 6.30. The van der Waals surface area contributed by atoms with Crippen LogP contribution in [0, 0.1) is 12.7 Å². The largest absolute Gasteiger partial charge is 0.486 e. The molecule has 0 unspecified atom stereocenters. The van der Waals surface area contributed by atoms with Crippen molar-refractivity contribution in [1.82, 2.24) is 0 Å². The molecule has 4 heteroatoms. The molecule has 0 spiro atoms. The zero-order chi connectivity index (χ0) is 14.5. The van der Waals surface area contributed by atoms with Crippen molar-refractivity contribution in [2.75, 3.05) is 6.61 Å². The molecule has 0 saturated heterocycles. The van der Waals surface area contributed by atoms with Crippen LogP contribution in [0.25, 0.3) is 0 Å². The molecule has 2 aromatic rings. The molecule has 0 heterocycles. The first kappa shape index (κ1) is 14.5. The third-order valence-electron chi connectivity index (χ3n) is 2.89. The number of carbonyl (C=O) groups excluding carboxylic acids is 1. The first-order chi connectivity index (χ1) is 9.54. The van der Waals surface area contributed by atoms with Crippen molar-refractivity contribution in [3.05, 3.63) is 64.4 Å². The van der Waals surface area contributed by atoms with Crippen molar-refractivity contribution in [2.24, 2.45) is 0 Å². The Hall–Kier alpha value is -1.87. The number of hydrogen-bond donors (Lipinski definition) is 0. The van der Waals surface area contributed by atoms with E-state index in [0.717, 1.165) is 11.1 Å². The second-order valence-electron chi connectivity index (χ2n) is 4.53. The second-order valence-corrected chi connectivity index (χ2v) is 4.97. The van der Waals surface area contributed by atoms with Gasteiger partial charge in [0.15, 0.2) is 5.78 Å². The summed E-state index contributed by atoms with van der Waals surface area (Å²) < 4.78 is 18.3. The molecular formula is C16H14ClFO2. The molecule has 20 heavy (non-hydrogen) atoms. The highest BCUT2D eigenvalue weighted by atomic mass is 35.5. The van der Waals surface area contributed by atoms with Gasteiger partial charge in [0.2, 0.25) is 0 Å². The lowest BCUT2D eigenvalue weighted by molar-refractivity contribution is -0.120. The lowest BCUT2D eigenvalue weighted by Gasteiger charge is -2.07. The lowest BCUT2D eigenvalue weighted by Crippen LogP contribution is -2.14. The fourth-order valence-electron chi connectivity index (χ4n) is 1.84. The monoisotopic (exact) mass is 292 g/mol. The Morgan fingerprint density at radius 1 is 1.25 bits per heavy atom. The molecule has 0 N–H and O–H groups in total. The molecule has 104 valence electrons. The summed E-state index contributed by atoms with van der Waals surface area (Å²) in [7, 11) is 0. The van der Waals surface area contributed by atoms with Gasteiger partial charge in [-0.25, -0.2) is 4.39 Å². The van der Waals surface area contributed by atoms with Gasteiger partial charge in [-0.15, -0.1) is 0 Å². The van der Waals surface area contributed by atoms with Crippen LogP contribution in [0.5, 0.6) is 5.75 Å². The molecule has 0 saturated carbocycles. The van der Waals surface area contributed by atoms with Crippen LogP contribution in [0.4, 0.5) is 4.39 Å². The van der Waals surface area contributed by atoms with E-state index in [4.69, 9.17) is 16.3 Å². The smallest absolute Gasteiger partial charge is 0.174 e. The van der Waals surface area contributed by atoms with Crippen LogP contribution in [0.1, 0.15) is 11.1 Å². The fourth-order valence-corrected chi connectivity index (χ4v) is 2.02. The van der Waals surface area contributed by atoms with Crippen LogP contribution in [-0.2, 0) is 11.2 Å². The van der Waals surface area contributed by atoms with Crippen molar-refractivity contribution < 1.29 is 13.9 Å². The predicted molar refractivity (Wildman–Crippen MR) is 76.8 cm³/mol. The van der Waals surface area contributed by atoms with Crippen LogP contribution in [0.2, 0.25) is 5.02 Å². The van der Waals surface area contributed by atoms with Gasteiger partial charge in [-0.05, 0) is 48.4 Å². The van der Waals surface area contributed by atoms with Gasteiger partial charge in [-0.1, -0.05) is 23.7 Å². The van der Waals surface area contributed by atoms with Crippen molar-refractivity contribution in [1.29, 1.82) is 0 Å².